The van der Waals surface area contributed by atoms with E-state index >= 15 is 0 Å². The van der Waals surface area contributed by atoms with Crippen molar-refractivity contribution in [3.63, 3.8) is 0 Å². The number of hydrogen-bond donors (Lipinski definition) is 1. The maximum atomic E-state index is 11.6. The lowest BCUT2D eigenvalue weighted by atomic mass is 10.2. The average molecular weight is 256 g/mol. The Balaban J connectivity index is 2.20. The van der Waals surface area contributed by atoms with Gasteiger partial charge in [0.1, 0.15) is 12.3 Å². The molecule has 1 N–H and O–H groups in total. The van der Waals surface area contributed by atoms with Gasteiger partial charge in [-0.25, -0.2) is 4.79 Å². The van der Waals surface area contributed by atoms with Gasteiger partial charge >= 0.3 is 5.69 Å². The van der Waals surface area contributed by atoms with Crippen LogP contribution >= 0.6 is 0 Å². The zero-order chi connectivity index (χ0) is 13.1. The van der Waals surface area contributed by atoms with Crippen LogP contribution in [-0.4, -0.2) is 42.6 Å². The summed E-state index contributed by atoms with van der Waals surface area (Å²) in [5.41, 5.74) is -0.911. The number of nitrogens with zero attached hydrogens (tertiary/aromatic N) is 1. The molecule has 7 heteroatoms. The minimum atomic E-state index is -0.486. The van der Waals surface area contributed by atoms with E-state index in [9.17, 15) is 9.59 Å². The lowest BCUT2D eigenvalue weighted by Gasteiger charge is -2.16. The summed E-state index contributed by atoms with van der Waals surface area (Å²) in [6.45, 7) is 0.396. The number of rotatable bonds is 4. The van der Waals surface area contributed by atoms with E-state index in [1.54, 1.807) is 14.2 Å². The highest BCUT2D eigenvalue weighted by molar-refractivity contribution is 4.88. The van der Waals surface area contributed by atoms with Gasteiger partial charge in [0.25, 0.3) is 5.56 Å². The number of ether oxygens (including phenoxy) is 3. The molecule has 0 bridgehead atoms. The van der Waals surface area contributed by atoms with Gasteiger partial charge < -0.3 is 14.2 Å². The molecule has 1 aliphatic rings. The smallest absolute Gasteiger partial charge is 0.330 e. The van der Waals surface area contributed by atoms with E-state index in [-0.39, 0.29) is 12.2 Å². The quantitative estimate of drug-likeness (QED) is 0.784. The molecule has 7 nitrogen and oxygen atoms in total. The summed E-state index contributed by atoms with van der Waals surface area (Å²) in [7, 11) is 3.17. The van der Waals surface area contributed by atoms with Crippen molar-refractivity contribution < 1.29 is 14.2 Å². The molecular weight excluding hydrogens is 240 g/mol. The van der Waals surface area contributed by atoms with Crippen LogP contribution in [0.15, 0.2) is 21.9 Å². The maximum Gasteiger partial charge on any atom is 0.330 e. The normalized spacial score (nSPS) is 27.6. The predicted octanol–water partition coefficient (Wildman–Crippen LogP) is -0.514. The van der Waals surface area contributed by atoms with Crippen LogP contribution in [-0.2, 0) is 14.2 Å². The van der Waals surface area contributed by atoms with E-state index < -0.39 is 17.5 Å². The van der Waals surface area contributed by atoms with Crippen molar-refractivity contribution in [2.75, 3.05) is 20.8 Å². The summed E-state index contributed by atoms with van der Waals surface area (Å²) in [5.74, 6) is 0. The molecule has 3 unspecified atom stereocenters. The van der Waals surface area contributed by atoms with Gasteiger partial charge in [0.2, 0.25) is 0 Å². The van der Waals surface area contributed by atoms with Crippen molar-refractivity contribution in [3.8, 4) is 0 Å². The zero-order valence-corrected chi connectivity index (χ0v) is 10.3. The Morgan fingerprint density at radius 3 is 2.89 bits per heavy atom. The van der Waals surface area contributed by atoms with Gasteiger partial charge in [0.05, 0.1) is 12.7 Å². The highest BCUT2D eigenvalue weighted by atomic mass is 16.6. The number of aromatic amines is 1. The first-order valence-electron chi connectivity index (χ1n) is 5.64. The molecule has 0 saturated carbocycles. The molecule has 1 fully saturated rings. The molecule has 3 atom stereocenters. The van der Waals surface area contributed by atoms with Crippen molar-refractivity contribution in [2.45, 2.75) is 24.9 Å². The number of nitrogens with one attached hydrogen (secondary N) is 1. The highest BCUT2D eigenvalue weighted by Gasteiger charge is 2.36. The number of aromatic nitrogens is 2. The van der Waals surface area contributed by atoms with Crippen LogP contribution in [0.2, 0.25) is 0 Å². The Morgan fingerprint density at radius 1 is 1.50 bits per heavy atom. The van der Waals surface area contributed by atoms with Crippen LogP contribution in [0.1, 0.15) is 12.6 Å². The van der Waals surface area contributed by atoms with E-state index in [0.29, 0.717) is 13.0 Å². The third kappa shape index (κ3) is 2.53. The van der Waals surface area contributed by atoms with Gasteiger partial charge in [-0.2, -0.15) is 0 Å². The monoisotopic (exact) mass is 256 g/mol. The van der Waals surface area contributed by atoms with E-state index in [4.69, 9.17) is 14.2 Å². The largest absolute Gasteiger partial charge is 0.382 e. The van der Waals surface area contributed by atoms with Gasteiger partial charge in [-0.3, -0.25) is 14.3 Å². The molecular formula is C11H16N2O5. The Morgan fingerprint density at radius 2 is 2.28 bits per heavy atom. The van der Waals surface area contributed by atoms with Crippen molar-refractivity contribution in [3.05, 3.63) is 33.1 Å². The molecule has 2 rings (SSSR count). The fourth-order valence-electron chi connectivity index (χ4n) is 2.09. The molecule has 1 aromatic heterocycles. The summed E-state index contributed by atoms with van der Waals surface area (Å²) in [5, 5.41) is 0. The Bertz CT molecular complexity index is 509. The summed E-state index contributed by atoms with van der Waals surface area (Å²) in [6, 6.07) is 1.29. The van der Waals surface area contributed by atoms with Crippen LogP contribution < -0.4 is 11.2 Å². The van der Waals surface area contributed by atoms with Crippen LogP contribution in [0.5, 0.6) is 0 Å². The Kier molecular flexibility index (Phi) is 3.95. The van der Waals surface area contributed by atoms with Gasteiger partial charge in [0.15, 0.2) is 0 Å². The maximum absolute atomic E-state index is 11.6. The summed E-state index contributed by atoms with van der Waals surface area (Å²) in [6.07, 6.45) is 1.17. The van der Waals surface area contributed by atoms with E-state index in [0.717, 1.165) is 0 Å². The fraction of sp³-hybridized carbons (Fsp3) is 0.636. The molecule has 2 heterocycles. The third-order valence-electron chi connectivity index (χ3n) is 2.98. The van der Waals surface area contributed by atoms with Crippen molar-refractivity contribution >= 4 is 0 Å². The van der Waals surface area contributed by atoms with Gasteiger partial charge in [-0.15, -0.1) is 0 Å². The van der Waals surface area contributed by atoms with Gasteiger partial charge in [-0.1, -0.05) is 0 Å². The van der Waals surface area contributed by atoms with Crippen LogP contribution in [0.25, 0.3) is 0 Å². The standard InChI is InChI=1S/C11H16N2O5/c1-16-6-8-7(17-2)5-10(18-8)13-4-3-9(14)12-11(13)15/h3-4,7-8,10H,5-6H2,1-2H3,(H,12,14,15). The third-order valence-corrected chi connectivity index (χ3v) is 2.98. The molecule has 100 valence electrons. The van der Waals surface area contributed by atoms with E-state index in [1.165, 1.54) is 16.8 Å². The summed E-state index contributed by atoms with van der Waals surface area (Å²) < 4.78 is 17.4. The first kappa shape index (κ1) is 13.0. The van der Waals surface area contributed by atoms with Crippen LogP contribution in [0.4, 0.5) is 0 Å². The van der Waals surface area contributed by atoms with Gasteiger partial charge in [-0.05, 0) is 0 Å². The molecule has 0 aromatic carbocycles. The highest BCUT2D eigenvalue weighted by Crippen LogP contribution is 2.29. The lowest BCUT2D eigenvalue weighted by molar-refractivity contribution is -0.0618. The van der Waals surface area contributed by atoms with E-state index in [2.05, 4.69) is 4.98 Å². The van der Waals surface area contributed by atoms with Crippen molar-refractivity contribution in [2.24, 2.45) is 0 Å². The Labute approximate surface area is 103 Å². The second-order valence-electron chi connectivity index (χ2n) is 4.11. The molecule has 18 heavy (non-hydrogen) atoms. The minimum absolute atomic E-state index is 0.131. The average Bonchev–Trinajstić information content (AvgIpc) is 2.72. The van der Waals surface area contributed by atoms with Crippen molar-refractivity contribution in [1.29, 1.82) is 0 Å². The molecule has 0 aliphatic carbocycles. The second-order valence-corrected chi connectivity index (χ2v) is 4.11. The van der Waals surface area contributed by atoms with Crippen LogP contribution in [0.3, 0.4) is 0 Å². The minimum Gasteiger partial charge on any atom is -0.382 e. The lowest BCUT2D eigenvalue weighted by Crippen LogP contribution is -2.31. The molecule has 0 spiro atoms. The zero-order valence-electron chi connectivity index (χ0n) is 10.3. The van der Waals surface area contributed by atoms with Gasteiger partial charge in [0, 0.05) is 32.9 Å². The molecule has 1 aromatic rings. The second kappa shape index (κ2) is 5.47. The number of hydrogen-bond acceptors (Lipinski definition) is 5. The first-order valence-corrected chi connectivity index (χ1v) is 5.64. The molecule has 0 amide bonds. The number of H-pyrrole nitrogens is 1. The topological polar surface area (TPSA) is 82.5 Å². The molecule has 1 saturated heterocycles. The van der Waals surface area contributed by atoms with E-state index in [1.807, 2.05) is 0 Å². The first-order chi connectivity index (χ1) is 8.65. The summed E-state index contributed by atoms with van der Waals surface area (Å²) >= 11 is 0. The van der Waals surface area contributed by atoms with Crippen molar-refractivity contribution in [1.82, 2.24) is 9.55 Å². The Hall–Kier alpha value is -1.44. The summed E-state index contributed by atoms with van der Waals surface area (Å²) in [4.78, 5) is 24.8. The SMILES string of the molecule is COCC1OC(n2ccc(=O)[nH]c2=O)CC1OC. The molecule has 0 radical (unpaired) electrons. The molecule has 1 aliphatic heterocycles. The van der Waals surface area contributed by atoms with Crippen LogP contribution in [0, 0.1) is 0 Å². The predicted molar refractivity (Wildman–Crippen MR) is 62.5 cm³/mol. The number of methoxy groups -OCH3 is 2. The fourth-order valence-corrected chi connectivity index (χ4v) is 2.09.